The van der Waals surface area contributed by atoms with E-state index in [2.05, 4.69) is 0 Å². The zero-order chi connectivity index (χ0) is 18.4. The van der Waals surface area contributed by atoms with Crippen LogP contribution in [-0.2, 0) is 14.8 Å². The summed E-state index contributed by atoms with van der Waals surface area (Å²) in [5, 5.41) is 5.17. The molecule has 0 radical (unpaired) electrons. The predicted molar refractivity (Wildman–Crippen MR) is 89.6 cm³/mol. The highest BCUT2D eigenvalue weighted by molar-refractivity contribution is 7.89. The lowest BCUT2D eigenvalue weighted by Crippen LogP contribution is -2.45. The van der Waals surface area contributed by atoms with Gasteiger partial charge in [0.1, 0.15) is 5.75 Å². The number of sulfonamides is 1. The largest absolute Gasteiger partial charge is 0.496 e. The van der Waals surface area contributed by atoms with E-state index < -0.39 is 10.0 Å². The summed E-state index contributed by atoms with van der Waals surface area (Å²) >= 11 is 0. The van der Waals surface area contributed by atoms with Crippen molar-refractivity contribution in [1.29, 1.82) is 0 Å². The molecule has 9 heteroatoms. The number of methoxy groups -OCH3 is 1. The summed E-state index contributed by atoms with van der Waals surface area (Å²) in [4.78, 5) is 28.5. The van der Waals surface area contributed by atoms with E-state index in [4.69, 9.17) is 9.88 Å². The SMILES string of the molecule is COc1ccc(S(N)(=O)=O)cc1C(=O)N1C[C@H]2CC[C@@H](C1)N(C)C2=O. The molecule has 3 heterocycles. The molecule has 2 amide bonds. The predicted octanol–water partition coefficient (Wildman–Crippen LogP) is 0.0354. The number of rotatable bonds is 3. The standard InChI is InChI=1S/C16H21N3O5S/c1-18-11-4-3-10(15(18)20)8-19(9-11)16(21)13-7-12(25(17,22)23)5-6-14(13)24-2/h5-7,10-11H,3-4,8-9H2,1-2H3,(H2,17,22,23)/t10-,11+/m1/s1. The Balaban J connectivity index is 1.97. The highest BCUT2D eigenvalue weighted by Crippen LogP contribution is 2.30. The number of likely N-dealkylation sites (N-methyl/N-ethyl adjacent to an activating group) is 1. The van der Waals surface area contributed by atoms with E-state index in [0.717, 1.165) is 12.8 Å². The van der Waals surface area contributed by atoms with Gasteiger partial charge in [0, 0.05) is 26.2 Å². The van der Waals surface area contributed by atoms with Gasteiger partial charge in [-0.25, -0.2) is 13.6 Å². The highest BCUT2D eigenvalue weighted by Gasteiger charge is 2.40. The van der Waals surface area contributed by atoms with Crippen molar-refractivity contribution < 1.29 is 22.7 Å². The van der Waals surface area contributed by atoms with Crippen LogP contribution in [0.15, 0.2) is 23.1 Å². The van der Waals surface area contributed by atoms with Crippen molar-refractivity contribution >= 4 is 21.8 Å². The van der Waals surface area contributed by atoms with Gasteiger partial charge in [0.05, 0.1) is 23.5 Å². The first kappa shape index (κ1) is 17.7. The number of hydrogen-bond acceptors (Lipinski definition) is 5. The Morgan fingerprint density at radius 2 is 2.00 bits per heavy atom. The smallest absolute Gasteiger partial charge is 0.257 e. The average molecular weight is 367 g/mol. The fourth-order valence-corrected chi connectivity index (χ4v) is 4.06. The van der Waals surface area contributed by atoms with Gasteiger partial charge in [0.2, 0.25) is 15.9 Å². The van der Waals surface area contributed by atoms with Crippen LogP contribution in [0.5, 0.6) is 5.75 Å². The van der Waals surface area contributed by atoms with Gasteiger partial charge in [-0.2, -0.15) is 0 Å². The Labute approximate surface area is 146 Å². The first-order chi connectivity index (χ1) is 11.7. The lowest BCUT2D eigenvalue weighted by Gasteiger charge is -2.32. The van der Waals surface area contributed by atoms with Crippen LogP contribution in [0.3, 0.4) is 0 Å². The molecule has 2 bridgehead atoms. The fourth-order valence-electron chi connectivity index (χ4n) is 3.52. The lowest BCUT2D eigenvalue weighted by molar-refractivity contribution is -0.138. The van der Waals surface area contributed by atoms with Crippen LogP contribution in [0, 0.1) is 5.92 Å². The first-order valence-electron chi connectivity index (χ1n) is 7.99. The molecule has 25 heavy (non-hydrogen) atoms. The number of carbonyl (C=O) groups excluding carboxylic acids is 2. The molecule has 0 spiro atoms. The molecule has 1 aromatic carbocycles. The second-order valence-corrected chi connectivity index (χ2v) is 8.06. The number of nitrogens with two attached hydrogens (primary N) is 1. The van der Waals surface area contributed by atoms with Gasteiger partial charge >= 0.3 is 0 Å². The number of hydrogen-bond donors (Lipinski definition) is 1. The molecule has 0 saturated carbocycles. The number of piperidine rings is 1. The van der Waals surface area contributed by atoms with E-state index in [1.54, 1.807) is 16.8 Å². The summed E-state index contributed by atoms with van der Waals surface area (Å²) in [6.07, 6.45) is 1.61. The summed E-state index contributed by atoms with van der Waals surface area (Å²) in [5.74, 6) is -0.257. The minimum atomic E-state index is -3.94. The minimum absolute atomic E-state index is 0.0254. The van der Waals surface area contributed by atoms with Gasteiger partial charge in [0.25, 0.3) is 5.91 Å². The molecule has 0 aliphatic carbocycles. The Morgan fingerprint density at radius 1 is 1.28 bits per heavy atom. The summed E-state index contributed by atoms with van der Waals surface area (Å²) < 4.78 is 28.4. The van der Waals surface area contributed by atoms with Crippen LogP contribution in [0.4, 0.5) is 0 Å². The molecule has 2 atom stereocenters. The summed E-state index contributed by atoms with van der Waals surface area (Å²) in [6.45, 7) is 0.738. The average Bonchev–Trinajstić information content (AvgIpc) is 2.86. The van der Waals surface area contributed by atoms with Crippen LogP contribution in [0.25, 0.3) is 0 Å². The zero-order valence-corrected chi connectivity index (χ0v) is 15.0. The number of amides is 2. The molecule has 2 N–H and O–H groups in total. The molecule has 4 rings (SSSR count). The zero-order valence-electron chi connectivity index (χ0n) is 14.1. The Kier molecular flexibility index (Phi) is 4.46. The van der Waals surface area contributed by atoms with Gasteiger partial charge in [-0.3, -0.25) is 9.59 Å². The second-order valence-electron chi connectivity index (χ2n) is 6.49. The van der Waals surface area contributed by atoms with Crippen LogP contribution in [0.1, 0.15) is 23.2 Å². The summed E-state index contributed by atoms with van der Waals surface area (Å²) in [7, 11) is -0.769. The molecular weight excluding hydrogens is 346 g/mol. The Hall–Kier alpha value is -2.13. The number of benzene rings is 1. The molecule has 0 unspecified atom stereocenters. The molecule has 1 aromatic rings. The maximum atomic E-state index is 13.0. The molecule has 3 saturated heterocycles. The number of nitrogens with zero attached hydrogens (tertiary/aromatic N) is 2. The van der Waals surface area contributed by atoms with E-state index in [-0.39, 0.29) is 40.0 Å². The van der Waals surface area contributed by atoms with Crippen molar-refractivity contribution in [1.82, 2.24) is 9.80 Å². The van der Waals surface area contributed by atoms with Gasteiger partial charge < -0.3 is 14.5 Å². The fraction of sp³-hybridized carbons (Fsp3) is 0.500. The van der Waals surface area contributed by atoms with Crippen LogP contribution >= 0.6 is 0 Å². The van der Waals surface area contributed by atoms with Gasteiger partial charge in [-0.15, -0.1) is 0 Å². The summed E-state index contributed by atoms with van der Waals surface area (Å²) in [6, 6.07) is 3.92. The maximum absolute atomic E-state index is 13.0. The molecule has 3 fully saturated rings. The van der Waals surface area contributed by atoms with Gasteiger partial charge in [-0.1, -0.05) is 0 Å². The van der Waals surface area contributed by atoms with Gasteiger partial charge in [0.15, 0.2) is 0 Å². The quantitative estimate of drug-likeness (QED) is 0.811. The highest BCUT2D eigenvalue weighted by atomic mass is 32.2. The van der Waals surface area contributed by atoms with Crippen molar-refractivity contribution in [3.8, 4) is 5.75 Å². The normalized spacial score (nSPS) is 23.6. The first-order valence-corrected chi connectivity index (χ1v) is 9.53. The van der Waals surface area contributed by atoms with Crippen molar-refractivity contribution in [2.75, 3.05) is 27.2 Å². The molecule has 3 aliphatic heterocycles. The van der Waals surface area contributed by atoms with E-state index in [1.165, 1.54) is 25.3 Å². The second kappa shape index (κ2) is 6.30. The molecule has 0 aromatic heterocycles. The van der Waals surface area contributed by atoms with Crippen molar-refractivity contribution in [3.05, 3.63) is 23.8 Å². The van der Waals surface area contributed by atoms with E-state index in [9.17, 15) is 18.0 Å². The van der Waals surface area contributed by atoms with Crippen LogP contribution in [0.2, 0.25) is 0 Å². The van der Waals surface area contributed by atoms with E-state index in [0.29, 0.717) is 13.1 Å². The Bertz CT molecular complexity index is 823. The lowest BCUT2D eigenvalue weighted by atomic mass is 9.95. The number of primary sulfonamides is 1. The van der Waals surface area contributed by atoms with E-state index in [1.807, 2.05) is 0 Å². The summed E-state index contributed by atoms with van der Waals surface area (Å²) in [5.41, 5.74) is 0.130. The maximum Gasteiger partial charge on any atom is 0.257 e. The van der Waals surface area contributed by atoms with Crippen molar-refractivity contribution in [2.24, 2.45) is 11.1 Å². The number of carbonyl (C=O) groups is 2. The minimum Gasteiger partial charge on any atom is -0.496 e. The van der Waals surface area contributed by atoms with Gasteiger partial charge in [-0.05, 0) is 31.0 Å². The number of fused-ring (bicyclic) bond motifs is 4. The topological polar surface area (TPSA) is 110 Å². The molecule has 3 aliphatic rings. The Morgan fingerprint density at radius 3 is 2.64 bits per heavy atom. The van der Waals surface area contributed by atoms with Crippen molar-refractivity contribution in [2.45, 2.75) is 23.8 Å². The van der Waals surface area contributed by atoms with Crippen LogP contribution < -0.4 is 9.88 Å². The third-order valence-electron chi connectivity index (χ3n) is 4.98. The third kappa shape index (κ3) is 3.21. The molecule has 8 nitrogen and oxygen atoms in total. The number of ether oxygens (including phenoxy) is 1. The van der Waals surface area contributed by atoms with Crippen molar-refractivity contribution in [3.63, 3.8) is 0 Å². The van der Waals surface area contributed by atoms with E-state index >= 15 is 0 Å². The van der Waals surface area contributed by atoms with Crippen LogP contribution in [-0.4, -0.2) is 63.3 Å². The molecule has 136 valence electrons. The third-order valence-corrected chi connectivity index (χ3v) is 5.89. The molecular formula is C16H21N3O5S. The monoisotopic (exact) mass is 367 g/mol.